The van der Waals surface area contributed by atoms with Crippen LogP contribution in [0.3, 0.4) is 0 Å². The Labute approximate surface area is 163 Å². The van der Waals surface area contributed by atoms with Crippen molar-refractivity contribution < 1.29 is 26.8 Å². The standard InChI is InChI=1S/C18H16N2O6S2/c1-10-3-4-13(7-11(10)2)19-20-17-15-6-5-14(28(24,25)26)8-12(15)9-16(18(17)21)27(22)23/h3-9,21H,1-2H3,(H,22,23)(H,24,25,26)/p-2. The Kier molecular flexibility index (Phi) is 5.31. The molecule has 0 amide bonds. The zero-order valence-corrected chi connectivity index (χ0v) is 16.4. The SMILES string of the molecule is Cc1ccc(N=Nc2c(O)c(S(=O)[O-])cc3cc(S(=O)(=O)[O-])ccc23)cc1C. The van der Waals surface area contributed by atoms with Crippen molar-refractivity contribution in [3.8, 4) is 5.75 Å². The number of azo groups is 1. The van der Waals surface area contributed by atoms with E-state index in [1.165, 1.54) is 6.07 Å². The van der Waals surface area contributed by atoms with Crippen molar-refractivity contribution in [2.24, 2.45) is 10.2 Å². The maximum absolute atomic E-state index is 11.4. The number of hydrogen-bond donors (Lipinski definition) is 1. The summed E-state index contributed by atoms with van der Waals surface area (Å²) in [7, 11) is -4.74. The normalized spacial score (nSPS) is 13.3. The molecular weight excluding hydrogens is 404 g/mol. The van der Waals surface area contributed by atoms with E-state index in [0.29, 0.717) is 5.69 Å². The lowest BCUT2D eigenvalue weighted by Crippen LogP contribution is -1.98. The number of phenolic OH excluding ortho intramolecular Hbond substituents is 1. The van der Waals surface area contributed by atoms with Gasteiger partial charge in [-0.2, -0.15) is 5.11 Å². The van der Waals surface area contributed by atoms with E-state index in [0.717, 1.165) is 29.3 Å². The lowest BCUT2D eigenvalue weighted by atomic mass is 10.1. The van der Waals surface area contributed by atoms with Crippen molar-refractivity contribution in [2.45, 2.75) is 23.6 Å². The van der Waals surface area contributed by atoms with Gasteiger partial charge in [-0.05, 0) is 71.8 Å². The van der Waals surface area contributed by atoms with E-state index in [1.807, 2.05) is 19.9 Å². The number of aromatic hydroxyl groups is 1. The van der Waals surface area contributed by atoms with E-state index in [-0.39, 0.29) is 16.5 Å². The van der Waals surface area contributed by atoms with Crippen LogP contribution >= 0.6 is 0 Å². The molecule has 1 unspecified atom stereocenters. The highest BCUT2D eigenvalue weighted by Gasteiger charge is 2.15. The number of hydrogen-bond acceptors (Lipinski definition) is 8. The average Bonchev–Trinajstić information content (AvgIpc) is 2.62. The summed E-state index contributed by atoms with van der Waals surface area (Å²) in [6, 6.07) is 9.76. The second-order valence-electron chi connectivity index (χ2n) is 6.11. The minimum absolute atomic E-state index is 0.114. The van der Waals surface area contributed by atoms with Crippen LogP contribution in [0.15, 0.2) is 62.5 Å². The molecule has 8 nitrogen and oxygen atoms in total. The van der Waals surface area contributed by atoms with Crippen LogP contribution in [-0.2, 0) is 21.2 Å². The van der Waals surface area contributed by atoms with E-state index in [9.17, 15) is 26.8 Å². The molecule has 0 radical (unpaired) electrons. The maximum Gasteiger partial charge on any atom is 0.158 e. The molecule has 10 heteroatoms. The zero-order valence-electron chi connectivity index (χ0n) is 14.7. The summed E-state index contributed by atoms with van der Waals surface area (Å²) < 4.78 is 56.6. The van der Waals surface area contributed by atoms with Gasteiger partial charge in [-0.1, -0.05) is 12.1 Å². The summed E-state index contributed by atoms with van der Waals surface area (Å²) in [6.07, 6.45) is 0. The minimum atomic E-state index is -4.74. The molecule has 0 aromatic heterocycles. The van der Waals surface area contributed by atoms with Crippen molar-refractivity contribution in [3.63, 3.8) is 0 Å². The van der Waals surface area contributed by atoms with Crippen molar-refractivity contribution in [1.82, 2.24) is 0 Å². The zero-order chi connectivity index (χ0) is 20.6. The molecule has 0 spiro atoms. The van der Waals surface area contributed by atoms with Gasteiger partial charge in [-0.25, -0.2) is 8.42 Å². The number of aryl methyl sites for hydroxylation is 2. The van der Waals surface area contributed by atoms with Gasteiger partial charge in [0.15, 0.2) is 5.75 Å². The molecule has 0 saturated carbocycles. The molecule has 146 valence electrons. The van der Waals surface area contributed by atoms with Crippen molar-refractivity contribution in [2.75, 3.05) is 0 Å². The third kappa shape index (κ3) is 3.94. The highest BCUT2D eigenvalue weighted by Crippen LogP contribution is 2.41. The van der Waals surface area contributed by atoms with Gasteiger partial charge in [0, 0.05) is 5.39 Å². The van der Waals surface area contributed by atoms with Crippen LogP contribution in [0.2, 0.25) is 0 Å². The summed E-state index contributed by atoms with van der Waals surface area (Å²) in [5, 5.41) is 18.7. The van der Waals surface area contributed by atoms with Crippen LogP contribution in [0, 0.1) is 13.8 Å². The fraction of sp³-hybridized carbons (Fsp3) is 0.111. The third-order valence-electron chi connectivity index (χ3n) is 4.25. The molecule has 3 aromatic rings. The number of fused-ring (bicyclic) bond motifs is 1. The maximum atomic E-state index is 11.4. The summed E-state index contributed by atoms with van der Waals surface area (Å²) >= 11 is -2.82. The summed E-state index contributed by atoms with van der Waals surface area (Å²) in [4.78, 5) is -1.01. The van der Waals surface area contributed by atoms with Gasteiger partial charge in [0.2, 0.25) is 0 Å². The molecule has 0 aliphatic rings. The summed E-state index contributed by atoms with van der Waals surface area (Å²) in [5.74, 6) is -0.619. The van der Waals surface area contributed by atoms with Gasteiger partial charge in [0.05, 0.1) is 15.5 Å². The molecule has 3 rings (SSSR count). The Hall–Kier alpha value is -2.66. The molecule has 0 aliphatic carbocycles. The molecule has 0 saturated heterocycles. The van der Waals surface area contributed by atoms with Gasteiger partial charge in [-0.15, -0.1) is 5.11 Å². The first-order chi connectivity index (χ1) is 13.1. The molecular formula is C18H14N2O6S2-2. The number of nitrogens with zero attached hydrogens (tertiary/aromatic N) is 2. The molecule has 0 aliphatic heterocycles. The largest absolute Gasteiger partial charge is 0.768 e. The molecule has 1 N–H and O–H groups in total. The van der Waals surface area contributed by atoms with Gasteiger partial charge >= 0.3 is 0 Å². The Bertz CT molecular complexity index is 1250. The van der Waals surface area contributed by atoms with Crippen molar-refractivity contribution in [3.05, 3.63) is 53.6 Å². The Morgan fingerprint density at radius 1 is 1.00 bits per heavy atom. The van der Waals surface area contributed by atoms with Gasteiger partial charge in [0.25, 0.3) is 0 Å². The molecule has 0 heterocycles. The molecule has 0 fully saturated rings. The smallest absolute Gasteiger partial charge is 0.158 e. The summed E-state index contributed by atoms with van der Waals surface area (Å²) in [6.45, 7) is 3.83. The van der Waals surface area contributed by atoms with Gasteiger partial charge < -0.3 is 14.2 Å². The second-order valence-corrected chi connectivity index (χ2v) is 8.40. The highest BCUT2D eigenvalue weighted by molar-refractivity contribution is 7.85. The Morgan fingerprint density at radius 2 is 1.71 bits per heavy atom. The number of rotatable bonds is 4. The Morgan fingerprint density at radius 3 is 2.32 bits per heavy atom. The van der Waals surface area contributed by atoms with E-state index in [2.05, 4.69) is 10.2 Å². The monoisotopic (exact) mass is 418 g/mol. The molecule has 3 aromatic carbocycles. The highest BCUT2D eigenvalue weighted by atomic mass is 32.2. The minimum Gasteiger partial charge on any atom is -0.768 e. The quantitative estimate of drug-likeness (QED) is 0.389. The average molecular weight is 418 g/mol. The van der Waals surface area contributed by atoms with Gasteiger partial charge in [0.1, 0.15) is 15.8 Å². The van der Waals surface area contributed by atoms with Crippen LogP contribution in [0.4, 0.5) is 11.4 Å². The van der Waals surface area contributed by atoms with E-state index in [4.69, 9.17) is 0 Å². The van der Waals surface area contributed by atoms with Gasteiger partial charge in [-0.3, -0.25) is 4.21 Å². The van der Waals surface area contributed by atoms with E-state index >= 15 is 0 Å². The predicted octanol–water partition coefficient (Wildman–Crippen LogP) is 3.72. The summed E-state index contributed by atoms with van der Waals surface area (Å²) in [5.41, 5.74) is 2.38. The molecule has 1 atom stereocenters. The molecule has 0 bridgehead atoms. The number of phenols is 1. The van der Waals surface area contributed by atoms with E-state index < -0.39 is 36.7 Å². The fourth-order valence-electron chi connectivity index (χ4n) is 2.61. The van der Waals surface area contributed by atoms with Crippen LogP contribution in [0.5, 0.6) is 5.75 Å². The lowest BCUT2D eigenvalue weighted by Gasteiger charge is -2.14. The second kappa shape index (κ2) is 7.40. The topological polar surface area (TPSA) is 142 Å². The van der Waals surface area contributed by atoms with Crippen LogP contribution in [0.1, 0.15) is 11.1 Å². The predicted molar refractivity (Wildman–Crippen MR) is 101 cm³/mol. The van der Waals surface area contributed by atoms with Crippen molar-refractivity contribution in [1.29, 1.82) is 0 Å². The van der Waals surface area contributed by atoms with Crippen LogP contribution in [0.25, 0.3) is 10.8 Å². The lowest BCUT2D eigenvalue weighted by molar-refractivity contribution is 0.457. The first-order valence-corrected chi connectivity index (χ1v) is 10.4. The third-order valence-corrected chi connectivity index (χ3v) is 5.75. The fourth-order valence-corrected chi connectivity index (χ4v) is 3.59. The van der Waals surface area contributed by atoms with Crippen molar-refractivity contribution >= 4 is 43.3 Å². The number of benzene rings is 3. The first kappa shape index (κ1) is 20.1. The first-order valence-electron chi connectivity index (χ1n) is 7.92. The van der Waals surface area contributed by atoms with Crippen LogP contribution < -0.4 is 0 Å². The Balaban J connectivity index is 2.24. The molecule has 28 heavy (non-hydrogen) atoms. The van der Waals surface area contributed by atoms with E-state index in [1.54, 1.807) is 12.1 Å². The van der Waals surface area contributed by atoms with Crippen LogP contribution in [-0.4, -0.2) is 26.8 Å².